The van der Waals surface area contributed by atoms with Crippen molar-refractivity contribution in [2.45, 2.75) is 103 Å². The molecule has 0 aromatic carbocycles. The molecule has 1 radical (unpaired) electrons. The Morgan fingerprint density at radius 3 is 1.94 bits per heavy atom. The summed E-state index contributed by atoms with van der Waals surface area (Å²) in [4.78, 5) is 0. The molecular formula is C18H35. The quantitative estimate of drug-likeness (QED) is 0.400. The largest absolute Gasteiger partial charge is 0.0654 e. The van der Waals surface area contributed by atoms with Crippen LogP contribution in [0.5, 0.6) is 0 Å². The Hall–Kier alpha value is 0. The predicted molar refractivity (Wildman–Crippen MR) is 82.7 cm³/mol. The highest BCUT2D eigenvalue weighted by Crippen LogP contribution is 2.26. The lowest BCUT2D eigenvalue weighted by atomic mass is 9.87. The van der Waals surface area contributed by atoms with E-state index in [0.29, 0.717) is 0 Å². The Labute approximate surface area is 116 Å². The zero-order valence-corrected chi connectivity index (χ0v) is 12.8. The molecule has 1 aliphatic rings. The van der Waals surface area contributed by atoms with Gasteiger partial charge in [-0.15, -0.1) is 0 Å². The highest BCUT2D eigenvalue weighted by atomic mass is 14.2. The van der Waals surface area contributed by atoms with Crippen molar-refractivity contribution in [3.05, 3.63) is 6.42 Å². The molecule has 0 nitrogen and oxygen atoms in total. The molecule has 1 fully saturated rings. The summed E-state index contributed by atoms with van der Waals surface area (Å²) in [6, 6.07) is 0. The fourth-order valence-corrected chi connectivity index (χ4v) is 3.18. The second-order valence-corrected chi connectivity index (χ2v) is 6.25. The van der Waals surface area contributed by atoms with E-state index in [0.717, 1.165) is 5.92 Å². The molecule has 0 atom stereocenters. The van der Waals surface area contributed by atoms with Gasteiger partial charge in [-0.2, -0.15) is 0 Å². The maximum absolute atomic E-state index is 2.66. The van der Waals surface area contributed by atoms with Crippen LogP contribution in [0.1, 0.15) is 103 Å². The second-order valence-electron chi connectivity index (χ2n) is 6.25. The Morgan fingerprint density at radius 2 is 1.28 bits per heavy atom. The van der Waals surface area contributed by atoms with Gasteiger partial charge < -0.3 is 0 Å². The molecule has 0 aliphatic heterocycles. The summed E-state index contributed by atoms with van der Waals surface area (Å²) < 4.78 is 0. The molecule has 0 aromatic heterocycles. The van der Waals surface area contributed by atoms with Gasteiger partial charge in [0.05, 0.1) is 0 Å². The van der Waals surface area contributed by atoms with E-state index in [1.54, 1.807) is 0 Å². The maximum atomic E-state index is 2.66. The van der Waals surface area contributed by atoms with E-state index in [1.807, 2.05) is 0 Å². The van der Waals surface area contributed by atoms with Crippen molar-refractivity contribution < 1.29 is 0 Å². The topological polar surface area (TPSA) is 0 Å². The second kappa shape index (κ2) is 12.1. The SMILES string of the molecule is CCCCCCCCC[CH]C1CCCCCCC1. The van der Waals surface area contributed by atoms with Gasteiger partial charge >= 0.3 is 0 Å². The highest BCUT2D eigenvalue weighted by Gasteiger charge is 2.10. The van der Waals surface area contributed by atoms with Gasteiger partial charge in [0, 0.05) is 0 Å². The van der Waals surface area contributed by atoms with E-state index in [2.05, 4.69) is 13.3 Å². The van der Waals surface area contributed by atoms with Crippen molar-refractivity contribution in [3.8, 4) is 0 Å². The normalized spacial score (nSPS) is 18.5. The average Bonchev–Trinajstić information content (AvgIpc) is 2.34. The monoisotopic (exact) mass is 251 g/mol. The van der Waals surface area contributed by atoms with Crippen LogP contribution in [0.15, 0.2) is 0 Å². The van der Waals surface area contributed by atoms with Gasteiger partial charge in [-0.05, 0) is 18.8 Å². The van der Waals surface area contributed by atoms with Gasteiger partial charge in [-0.1, -0.05) is 96.8 Å². The molecule has 1 rings (SSSR count). The zero-order chi connectivity index (χ0) is 12.9. The van der Waals surface area contributed by atoms with Crippen LogP contribution in [-0.2, 0) is 0 Å². The van der Waals surface area contributed by atoms with Gasteiger partial charge in [0.2, 0.25) is 0 Å². The standard InChI is InChI=1S/C18H35/c1-2-3-4-5-6-7-9-12-15-18-16-13-10-8-11-14-17-18/h15,18H,2-14,16-17H2,1H3. The molecule has 0 spiro atoms. The Bertz CT molecular complexity index is 153. The Kier molecular flexibility index (Phi) is 10.8. The minimum Gasteiger partial charge on any atom is -0.0654 e. The van der Waals surface area contributed by atoms with E-state index in [-0.39, 0.29) is 0 Å². The van der Waals surface area contributed by atoms with Crippen molar-refractivity contribution in [1.82, 2.24) is 0 Å². The fraction of sp³-hybridized carbons (Fsp3) is 0.944. The van der Waals surface area contributed by atoms with Crippen LogP contribution in [0.2, 0.25) is 0 Å². The molecule has 0 saturated heterocycles. The highest BCUT2D eigenvalue weighted by molar-refractivity contribution is 4.77. The smallest absolute Gasteiger partial charge is 0.0355 e. The van der Waals surface area contributed by atoms with Crippen LogP contribution in [0, 0.1) is 12.3 Å². The first-order chi connectivity index (χ1) is 8.93. The lowest BCUT2D eigenvalue weighted by Gasteiger charge is -2.19. The van der Waals surface area contributed by atoms with Gasteiger partial charge in [0.25, 0.3) is 0 Å². The third kappa shape index (κ3) is 9.00. The van der Waals surface area contributed by atoms with Crippen LogP contribution < -0.4 is 0 Å². The first-order valence-electron chi connectivity index (χ1n) is 8.77. The number of unbranched alkanes of at least 4 members (excludes halogenated alkanes) is 7. The fourth-order valence-electron chi connectivity index (χ4n) is 3.18. The zero-order valence-electron chi connectivity index (χ0n) is 12.8. The van der Waals surface area contributed by atoms with Crippen molar-refractivity contribution in [3.63, 3.8) is 0 Å². The summed E-state index contributed by atoms with van der Waals surface area (Å²) in [5.41, 5.74) is 0. The van der Waals surface area contributed by atoms with Crippen LogP contribution >= 0.6 is 0 Å². The maximum Gasteiger partial charge on any atom is -0.0355 e. The van der Waals surface area contributed by atoms with E-state index >= 15 is 0 Å². The summed E-state index contributed by atoms with van der Waals surface area (Å²) in [7, 11) is 0. The van der Waals surface area contributed by atoms with Crippen LogP contribution in [0.3, 0.4) is 0 Å². The molecular weight excluding hydrogens is 216 g/mol. The molecule has 0 aromatic rings. The van der Waals surface area contributed by atoms with Gasteiger partial charge in [-0.25, -0.2) is 0 Å². The summed E-state index contributed by atoms with van der Waals surface area (Å²) in [5.74, 6) is 0.963. The average molecular weight is 251 g/mol. The third-order valence-corrected chi connectivity index (χ3v) is 4.46. The molecule has 0 amide bonds. The molecule has 0 heteroatoms. The molecule has 0 bridgehead atoms. The third-order valence-electron chi connectivity index (χ3n) is 4.46. The van der Waals surface area contributed by atoms with Gasteiger partial charge in [0.15, 0.2) is 0 Å². The number of rotatable bonds is 9. The van der Waals surface area contributed by atoms with Crippen LogP contribution in [0.25, 0.3) is 0 Å². The Morgan fingerprint density at radius 1 is 0.722 bits per heavy atom. The van der Waals surface area contributed by atoms with Crippen molar-refractivity contribution in [2.75, 3.05) is 0 Å². The molecule has 18 heavy (non-hydrogen) atoms. The van der Waals surface area contributed by atoms with Gasteiger partial charge in [-0.3, -0.25) is 0 Å². The summed E-state index contributed by atoms with van der Waals surface area (Å²) >= 11 is 0. The minimum absolute atomic E-state index is 0.963. The molecule has 0 heterocycles. The molecule has 107 valence electrons. The summed E-state index contributed by atoms with van der Waals surface area (Å²) in [6.07, 6.45) is 24.6. The lowest BCUT2D eigenvalue weighted by Crippen LogP contribution is -2.04. The van der Waals surface area contributed by atoms with Crippen LogP contribution in [-0.4, -0.2) is 0 Å². The lowest BCUT2D eigenvalue weighted by molar-refractivity contribution is 0.404. The van der Waals surface area contributed by atoms with E-state index in [1.165, 1.54) is 96.3 Å². The molecule has 0 unspecified atom stereocenters. The summed E-state index contributed by atoms with van der Waals surface area (Å²) in [5, 5.41) is 0. The first kappa shape index (κ1) is 16.1. The predicted octanol–water partition coefficient (Wildman–Crippen LogP) is 6.69. The van der Waals surface area contributed by atoms with Crippen molar-refractivity contribution >= 4 is 0 Å². The minimum atomic E-state index is 0.963. The number of hydrogen-bond acceptors (Lipinski definition) is 0. The van der Waals surface area contributed by atoms with E-state index in [9.17, 15) is 0 Å². The van der Waals surface area contributed by atoms with E-state index < -0.39 is 0 Å². The van der Waals surface area contributed by atoms with Crippen LogP contribution in [0.4, 0.5) is 0 Å². The van der Waals surface area contributed by atoms with Crippen molar-refractivity contribution in [1.29, 1.82) is 0 Å². The molecule has 1 aliphatic carbocycles. The molecule has 1 saturated carbocycles. The van der Waals surface area contributed by atoms with Gasteiger partial charge in [0.1, 0.15) is 0 Å². The van der Waals surface area contributed by atoms with Crippen molar-refractivity contribution in [2.24, 2.45) is 5.92 Å². The van der Waals surface area contributed by atoms with E-state index in [4.69, 9.17) is 0 Å². The summed E-state index contributed by atoms with van der Waals surface area (Å²) in [6.45, 7) is 2.30. The molecule has 0 N–H and O–H groups in total. The first-order valence-corrected chi connectivity index (χ1v) is 8.77. The number of hydrogen-bond donors (Lipinski definition) is 0. The Balaban J connectivity index is 1.86.